The van der Waals surface area contributed by atoms with Gasteiger partial charge in [-0.15, -0.1) is 11.8 Å². The quantitative estimate of drug-likeness (QED) is 0.350. The Kier molecular flexibility index (Phi) is 5.52. The molecule has 0 atom stereocenters. The number of carbonyl (C=O) groups excluding carboxylic acids is 1. The van der Waals surface area contributed by atoms with Crippen molar-refractivity contribution in [2.24, 2.45) is 0 Å². The van der Waals surface area contributed by atoms with Gasteiger partial charge in [0.15, 0.2) is 0 Å². The Labute approximate surface area is 169 Å². The number of hydrogen-bond acceptors (Lipinski definition) is 9. The first-order valence-electron chi connectivity index (χ1n) is 8.63. The van der Waals surface area contributed by atoms with Crippen molar-refractivity contribution in [3.05, 3.63) is 71.9 Å². The summed E-state index contributed by atoms with van der Waals surface area (Å²) in [5.74, 6) is 1.38. The van der Waals surface area contributed by atoms with Gasteiger partial charge in [-0.1, -0.05) is 22.4 Å². The number of hydrazine groups is 1. The topological polar surface area (TPSA) is 119 Å². The molecule has 0 bridgehead atoms. The lowest BCUT2D eigenvalue weighted by Crippen LogP contribution is -2.29. The van der Waals surface area contributed by atoms with Crippen LogP contribution in [0.3, 0.4) is 0 Å². The van der Waals surface area contributed by atoms with Gasteiger partial charge >= 0.3 is 6.01 Å². The molecule has 4 rings (SSSR count). The number of nitrogens with one attached hydrogen (secondary N) is 2. The van der Waals surface area contributed by atoms with Crippen molar-refractivity contribution in [3.63, 3.8) is 0 Å². The second-order valence-corrected chi connectivity index (χ2v) is 6.97. The molecule has 3 heterocycles. The van der Waals surface area contributed by atoms with E-state index in [0.717, 1.165) is 21.9 Å². The number of aryl methyl sites for hydroxylation is 1. The fourth-order valence-electron chi connectivity index (χ4n) is 2.48. The minimum absolute atomic E-state index is 0.0763. The van der Waals surface area contributed by atoms with E-state index in [1.807, 2.05) is 25.1 Å². The average Bonchev–Trinajstić information content (AvgIpc) is 3.40. The molecule has 0 aliphatic rings. The van der Waals surface area contributed by atoms with Gasteiger partial charge in [-0.2, -0.15) is 4.98 Å². The summed E-state index contributed by atoms with van der Waals surface area (Å²) >= 11 is 1.49. The van der Waals surface area contributed by atoms with Crippen LogP contribution in [0.2, 0.25) is 0 Å². The highest BCUT2D eigenvalue weighted by atomic mass is 32.2. The number of pyridine rings is 1. The van der Waals surface area contributed by atoms with Crippen LogP contribution in [0.1, 0.15) is 21.8 Å². The number of rotatable bonds is 7. The standard InChI is InChI=1S/C19H16N6O3S/c1-12-10-14(27-24-12)11-29-16-5-3-2-4-15(16)18(26)22-23-19-21-17(25-28-19)13-6-8-20-9-7-13/h2-10H,11H2,1H3,(H,22,26)(H,21,23,25). The molecule has 10 heteroatoms. The van der Waals surface area contributed by atoms with Crippen LogP contribution in [0, 0.1) is 6.92 Å². The maximum Gasteiger partial charge on any atom is 0.340 e. The van der Waals surface area contributed by atoms with Crippen molar-refractivity contribution in [1.29, 1.82) is 0 Å². The molecule has 0 radical (unpaired) electrons. The van der Waals surface area contributed by atoms with Crippen LogP contribution in [-0.4, -0.2) is 26.2 Å². The molecule has 0 fully saturated rings. The van der Waals surface area contributed by atoms with Crippen LogP contribution in [0.25, 0.3) is 11.4 Å². The molecule has 0 aliphatic carbocycles. The fraction of sp³-hybridized carbons (Fsp3) is 0.105. The van der Waals surface area contributed by atoms with Crippen molar-refractivity contribution in [2.75, 3.05) is 5.43 Å². The number of hydrogen-bond donors (Lipinski definition) is 2. The van der Waals surface area contributed by atoms with Gasteiger partial charge in [0.2, 0.25) is 5.82 Å². The number of carbonyl (C=O) groups is 1. The van der Waals surface area contributed by atoms with Crippen LogP contribution in [-0.2, 0) is 5.75 Å². The number of nitrogens with zero attached hydrogens (tertiary/aromatic N) is 4. The van der Waals surface area contributed by atoms with E-state index < -0.39 is 0 Å². The van der Waals surface area contributed by atoms with Gasteiger partial charge in [-0.3, -0.25) is 15.2 Å². The highest BCUT2D eigenvalue weighted by Crippen LogP contribution is 2.26. The zero-order chi connectivity index (χ0) is 20.1. The van der Waals surface area contributed by atoms with E-state index in [0.29, 0.717) is 17.1 Å². The van der Waals surface area contributed by atoms with E-state index in [2.05, 4.69) is 31.1 Å². The Morgan fingerprint density at radius 1 is 1.10 bits per heavy atom. The van der Waals surface area contributed by atoms with Crippen LogP contribution in [0.15, 0.2) is 68.8 Å². The van der Waals surface area contributed by atoms with Gasteiger partial charge in [0.25, 0.3) is 5.91 Å². The molecule has 29 heavy (non-hydrogen) atoms. The second-order valence-electron chi connectivity index (χ2n) is 5.96. The maximum atomic E-state index is 12.6. The highest BCUT2D eigenvalue weighted by molar-refractivity contribution is 7.98. The fourth-order valence-corrected chi connectivity index (χ4v) is 3.41. The first kappa shape index (κ1) is 18.7. The number of thioether (sulfide) groups is 1. The van der Waals surface area contributed by atoms with Gasteiger partial charge < -0.3 is 9.05 Å². The van der Waals surface area contributed by atoms with Gasteiger partial charge in [0.05, 0.1) is 17.0 Å². The molecule has 0 spiro atoms. The number of anilines is 1. The van der Waals surface area contributed by atoms with Gasteiger partial charge in [0, 0.05) is 28.9 Å². The maximum absolute atomic E-state index is 12.6. The number of benzene rings is 1. The molecular formula is C19H16N6O3S. The Morgan fingerprint density at radius 3 is 2.72 bits per heavy atom. The molecule has 1 amide bonds. The lowest BCUT2D eigenvalue weighted by atomic mass is 10.2. The van der Waals surface area contributed by atoms with Gasteiger partial charge in [0.1, 0.15) is 5.76 Å². The van der Waals surface area contributed by atoms with Crippen LogP contribution >= 0.6 is 11.8 Å². The predicted octanol–water partition coefficient (Wildman–Crippen LogP) is 3.48. The van der Waals surface area contributed by atoms with E-state index in [9.17, 15) is 4.79 Å². The molecule has 0 saturated heterocycles. The van der Waals surface area contributed by atoms with Gasteiger partial charge in [-0.25, -0.2) is 5.43 Å². The summed E-state index contributed by atoms with van der Waals surface area (Å²) in [6.45, 7) is 1.86. The first-order chi connectivity index (χ1) is 14.2. The molecular weight excluding hydrogens is 392 g/mol. The van der Waals surface area contributed by atoms with E-state index in [-0.39, 0.29) is 11.9 Å². The molecule has 146 valence electrons. The van der Waals surface area contributed by atoms with E-state index in [4.69, 9.17) is 9.05 Å². The molecule has 9 nitrogen and oxygen atoms in total. The predicted molar refractivity (Wildman–Crippen MR) is 106 cm³/mol. The zero-order valence-electron chi connectivity index (χ0n) is 15.3. The number of aromatic nitrogens is 4. The second kappa shape index (κ2) is 8.57. The van der Waals surface area contributed by atoms with Crippen LogP contribution in [0.4, 0.5) is 6.01 Å². The molecule has 3 aromatic heterocycles. The molecule has 2 N–H and O–H groups in total. The summed E-state index contributed by atoms with van der Waals surface area (Å²) in [5, 5.41) is 7.74. The van der Waals surface area contributed by atoms with Crippen molar-refractivity contribution < 1.29 is 13.8 Å². The molecule has 1 aromatic carbocycles. The zero-order valence-corrected chi connectivity index (χ0v) is 16.1. The molecule has 4 aromatic rings. The van der Waals surface area contributed by atoms with E-state index in [1.165, 1.54) is 11.8 Å². The normalized spacial score (nSPS) is 10.7. The number of amides is 1. The summed E-state index contributed by atoms with van der Waals surface area (Å²) in [6, 6.07) is 12.7. The minimum Gasteiger partial charge on any atom is -0.360 e. The SMILES string of the molecule is Cc1cc(CSc2ccccc2C(=O)NNc2nc(-c3ccncc3)no2)on1. The average molecular weight is 408 g/mol. The minimum atomic E-state index is -0.328. The van der Waals surface area contributed by atoms with Crippen LogP contribution in [0.5, 0.6) is 0 Å². The Hall–Kier alpha value is -3.66. The monoisotopic (exact) mass is 408 g/mol. The Bertz CT molecular complexity index is 1110. The summed E-state index contributed by atoms with van der Waals surface area (Å²) in [5.41, 5.74) is 7.31. The lowest BCUT2D eigenvalue weighted by molar-refractivity contribution is 0.0958. The van der Waals surface area contributed by atoms with Crippen LogP contribution < -0.4 is 10.9 Å². The summed E-state index contributed by atoms with van der Waals surface area (Å²) < 4.78 is 10.3. The third-order valence-corrected chi connectivity index (χ3v) is 4.92. The molecule has 0 unspecified atom stereocenters. The summed E-state index contributed by atoms with van der Waals surface area (Å²) in [4.78, 5) is 21.6. The Morgan fingerprint density at radius 2 is 1.93 bits per heavy atom. The summed E-state index contributed by atoms with van der Waals surface area (Å²) in [7, 11) is 0. The van der Waals surface area contributed by atoms with E-state index >= 15 is 0 Å². The third kappa shape index (κ3) is 4.61. The smallest absolute Gasteiger partial charge is 0.340 e. The van der Waals surface area contributed by atoms with E-state index in [1.54, 1.807) is 36.7 Å². The lowest BCUT2D eigenvalue weighted by Gasteiger charge is -2.08. The van der Waals surface area contributed by atoms with Crippen molar-refractivity contribution in [2.45, 2.75) is 17.6 Å². The van der Waals surface area contributed by atoms with Crippen molar-refractivity contribution in [3.8, 4) is 11.4 Å². The first-order valence-corrected chi connectivity index (χ1v) is 9.62. The highest BCUT2D eigenvalue weighted by Gasteiger charge is 2.14. The van der Waals surface area contributed by atoms with Gasteiger partial charge in [-0.05, 0) is 31.2 Å². The molecule has 0 saturated carbocycles. The largest absolute Gasteiger partial charge is 0.360 e. The third-order valence-electron chi connectivity index (χ3n) is 3.83. The van der Waals surface area contributed by atoms with Crippen molar-refractivity contribution >= 4 is 23.7 Å². The molecule has 0 aliphatic heterocycles. The Balaban J connectivity index is 1.39. The van der Waals surface area contributed by atoms with Crippen molar-refractivity contribution in [1.82, 2.24) is 25.7 Å². The summed E-state index contributed by atoms with van der Waals surface area (Å²) in [6.07, 6.45) is 3.27.